The van der Waals surface area contributed by atoms with Crippen molar-refractivity contribution in [3.63, 3.8) is 0 Å². The van der Waals surface area contributed by atoms with E-state index in [0.29, 0.717) is 6.04 Å². The monoisotopic (exact) mass is 289 g/mol. The first kappa shape index (κ1) is 13.6. The Bertz CT molecular complexity index is 635. The highest BCUT2D eigenvalue weighted by Crippen LogP contribution is 2.28. The van der Waals surface area contributed by atoms with Gasteiger partial charge in [0.05, 0.1) is 5.02 Å². The summed E-state index contributed by atoms with van der Waals surface area (Å²) < 4.78 is 13.3. The molecule has 1 aliphatic rings. The van der Waals surface area contributed by atoms with Gasteiger partial charge in [-0.3, -0.25) is 0 Å². The maximum atomic E-state index is 13.3. The molecule has 1 aliphatic carbocycles. The first-order valence-electron chi connectivity index (χ1n) is 6.92. The molecule has 0 saturated heterocycles. The number of hydrogen-bond donors (Lipinski definition) is 1. The number of hydrogen-bond acceptors (Lipinski definition) is 1. The lowest BCUT2D eigenvalue weighted by molar-refractivity contribution is 0.628. The van der Waals surface area contributed by atoms with Crippen LogP contribution in [0, 0.1) is 12.7 Å². The third-order valence-corrected chi connectivity index (χ3v) is 3.99. The second-order valence-corrected chi connectivity index (χ2v) is 5.84. The minimum atomic E-state index is -0.375. The average Bonchev–Trinajstić information content (AvgIpc) is 3.25. The number of halogens is 2. The van der Waals surface area contributed by atoms with Crippen molar-refractivity contribution in [3.8, 4) is 11.1 Å². The summed E-state index contributed by atoms with van der Waals surface area (Å²) in [7, 11) is 0. The lowest BCUT2D eigenvalue weighted by atomic mass is 9.98. The van der Waals surface area contributed by atoms with Crippen molar-refractivity contribution < 1.29 is 4.39 Å². The Labute approximate surface area is 123 Å². The van der Waals surface area contributed by atoms with Crippen LogP contribution in [-0.4, -0.2) is 6.04 Å². The highest BCUT2D eigenvalue weighted by molar-refractivity contribution is 6.31. The molecule has 0 bridgehead atoms. The van der Waals surface area contributed by atoms with Crippen molar-refractivity contribution in [3.05, 3.63) is 58.4 Å². The third-order valence-electron chi connectivity index (χ3n) is 3.70. The SMILES string of the molecule is Cc1ccc(CNC2CC2)cc1-c1ccc(F)c(Cl)c1. The second kappa shape index (κ2) is 5.55. The summed E-state index contributed by atoms with van der Waals surface area (Å²) in [5.74, 6) is -0.375. The summed E-state index contributed by atoms with van der Waals surface area (Å²) in [6.45, 7) is 2.94. The molecular weight excluding hydrogens is 273 g/mol. The normalized spacial score (nSPS) is 14.6. The predicted molar refractivity (Wildman–Crippen MR) is 81.4 cm³/mol. The molecule has 0 unspecified atom stereocenters. The highest BCUT2D eigenvalue weighted by atomic mass is 35.5. The number of nitrogens with one attached hydrogen (secondary N) is 1. The number of rotatable bonds is 4. The fourth-order valence-electron chi connectivity index (χ4n) is 2.30. The summed E-state index contributed by atoms with van der Waals surface area (Å²) in [5, 5.41) is 3.68. The van der Waals surface area contributed by atoms with Crippen molar-refractivity contribution in [2.24, 2.45) is 0 Å². The molecule has 0 spiro atoms. The Balaban J connectivity index is 1.89. The molecular formula is C17H17ClFN. The average molecular weight is 290 g/mol. The topological polar surface area (TPSA) is 12.0 Å². The molecule has 2 aromatic carbocycles. The van der Waals surface area contributed by atoms with Gasteiger partial charge in [-0.2, -0.15) is 0 Å². The summed E-state index contributed by atoms with van der Waals surface area (Å²) in [5.41, 5.74) is 4.49. The van der Waals surface area contributed by atoms with Gasteiger partial charge in [-0.15, -0.1) is 0 Å². The summed E-state index contributed by atoms with van der Waals surface area (Å²) in [4.78, 5) is 0. The molecule has 3 heteroatoms. The second-order valence-electron chi connectivity index (χ2n) is 5.43. The Morgan fingerprint density at radius 3 is 2.70 bits per heavy atom. The van der Waals surface area contributed by atoms with Crippen LogP contribution in [0.1, 0.15) is 24.0 Å². The van der Waals surface area contributed by atoms with Gasteiger partial charge >= 0.3 is 0 Å². The quantitative estimate of drug-likeness (QED) is 0.860. The van der Waals surface area contributed by atoms with E-state index in [9.17, 15) is 4.39 Å². The Morgan fingerprint density at radius 1 is 1.20 bits per heavy atom. The van der Waals surface area contributed by atoms with Crippen LogP contribution in [0.5, 0.6) is 0 Å². The third kappa shape index (κ3) is 3.02. The maximum Gasteiger partial charge on any atom is 0.141 e. The van der Waals surface area contributed by atoms with Crippen LogP contribution < -0.4 is 5.32 Å². The van der Waals surface area contributed by atoms with Gasteiger partial charge in [0.2, 0.25) is 0 Å². The maximum absolute atomic E-state index is 13.3. The summed E-state index contributed by atoms with van der Waals surface area (Å²) in [6.07, 6.45) is 2.57. The van der Waals surface area contributed by atoms with Crippen LogP contribution in [-0.2, 0) is 6.54 Å². The fraction of sp³-hybridized carbons (Fsp3) is 0.294. The van der Waals surface area contributed by atoms with Crippen LogP contribution in [0.15, 0.2) is 36.4 Å². The van der Waals surface area contributed by atoms with Gasteiger partial charge in [-0.1, -0.05) is 29.8 Å². The van der Waals surface area contributed by atoms with Crippen molar-refractivity contribution in [2.45, 2.75) is 32.4 Å². The molecule has 3 rings (SSSR count). The van der Waals surface area contributed by atoms with Crippen LogP contribution in [0.2, 0.25) is 5.02 Å². The molecule has 0 aliphatic heterocycles. The largest absolute Gasteiger partial charge is 0.310 e. The van der Waals surface area contributed by atoms with Crippen molar-refractivity contribution in [1.29, 1.82) is 0 Å². The molecule has 104 valence electrons. The number of benzene rings is 2. The van der Waals surface area contributed by atoms with Crippen LogP contribution in [0.4, 0.5) is 4.39 Å². The molecule has 1 fully saturated rings. The van der Waals surface area contributed by atoms with E-state index in [1.807, 2.05) is 0 Å². The number of aryl methyl sites for hydroxylation is 1. The minimum Gasteiger partial charge on any atom is -0.310 e. The van der Waals surface area contributed by atoms with E-state index >= 15 is 0 Å². The molecule has 20 heavy (non-hydrogen) atoms. The van der Waals surface area contributed by atoms with Gasteiger partial charge in [0.15, 0.2) is 0 Å². The fourth-order valence-corrected chi connectivity index (χ4v) is 2.48. The Morgan fingerprint density at radius 2 is 2.00 bits per heavy atom. The van der Waals surface area contributed by atoms with Gasteiger partial charge in [-0.25, -0.2) is 4.39 Å². The van der Waals surface area contributed by atoms with Gasteiger partial charge in [0, 0.05) is 12.6 Å². The molecule has 1 N–H and O–H groups in total. The predicted octanol–water partition coefficient (Wildman–Crippen LogP) is 4.71. The molecule has 0 atom stereocenters. The molecule has 0 amide bonds. The Kier molecular flexibility index (Phi) is 3.77. The molecule has 1 nitrogen and oxygen atoms in total. The zero-order valence-electron chi connectivity index (χ0n) is 11.4. The first-order chi connectivity index (χ1) is 9.63. The summed E-state index contributed by atoms with van der Waals surface area (Å²) in [6, 6.07) is 12.0. The van der Waals surface area contributed by atoms with Crippen molar-refractivity contribution in [1.82, 2.24) is 5.32 Å². The molecule has 0 aromatic heterocycles. The van der Waals surface area contributed by atoms with Crippen LogP contribution in [0.3, 0.4) is 0 Å². The van der Waals surface area contributed by atoms with E-state index in [1.54, 1.807) is 12.1 Å². The minimum absolute atomic E-state index is 0.170. The van der Waals surface area contributed by atoms with Gasteiger partial charge in [-0.05, 0) is 60.2 Å². The lowest BCUT2D eigenvalue weighted by Gasteiger charge is -2.10. The smallest absolute Gasteiger partial charge is 0.141 e. The standard InChI is InChI=1S/C17H17ClFN/c1-11-2-3-12(10-20-14-5-6-14)8-15(11)13-4-7-17(19)16(18)9-13/h2-4,7-9,14,20H,5-6,10H2,1H3. The lowest BCUT2D eigenvalue weighted by Crippen LogP contribution is -2.15. The van der Waals surface area contributed by atoms with E-state index in [2.05, 4.69) is 30.4 Å². The van der Waals surface area contributed by atoms with E-state index in [1.165, 1.54) is 30.0 Å². The molecule has 0 heterocycles. The Hall–Kier alpha value is -1.38. The van der Waals surface area contributed by atoms with E-state index in [0.717, 1.165) is 17.7 Å². The van der Waals surface area contributed by atoms with Gasteiger partial charge in [0.1, 0.15) is 5.82 Å². The zero-order valence-corrected chi connectivity index (χ0v) is 12.2. The molecule has 1 saturated carbocycles. The van der Waals surface area contributed by atoms with E-state index < -0.39 is 0 Å². The first-order valence-corrected chi connectivity index (χ1v) is 7.29. The zero-order chi connectivity index (χ0) is 14.1. The van der Waals surface area contributed by atoms with Gasteiger partial charge in [0.25, 0.3) is 0 Å². The molecule has 0 radical (unpaired) electrons. The van der Waals surface area contributed by atoms with Gasteiger partial charge < -0.3 is 5.32 Å². The van der Waals surface area contributed by atoms with Crippen molar-refractivity contribution >= 4 is 11.6 Å². The highest BCUT2D eigenvalue weighted by Gasteiger charge is 2.20. The van der Waals surface area contributed by atoms with Crippen LogP contribution in [0.25, 0.3) is 11.1 Å². The van der Waals surface area contributed by atoms with E-state index in [4.69, 9.17) is 11.6 Å². The van der Waals surface area contributed by atoms with E-state index in [-0.39, 0.29) is 10.8 Å². The van der Waals surface area contributed by atoms with Crippen LogP contribution >= 0.6 is 11.6 Å². The summed E-state index contributed by atoms with van der Waals surface area (Å²) >= 11 is 5.88. The van der Waals surface area contributed by atoms with Crippen molar-refractivity contribution in [2.75, 3.05) is 0 Å². The molecule has 2 aromatic rings.